The average Bonchev–Trinajstić information content (AvgIpc) is 2.42. The van der Waals surface area contributed by atoms with E-state index in [4.69, 9.17) is 23.2 Å². The fourth-order valence-corrected chi connectivity index (χ4v) is 2.62. The topological polar surface area (TPSA) is 41.1 Å². The summed E-state index contributed by atoms with van der Waals surface area (Å²) in [4.78, 5) is 11.9. The van der Waals surface area contributed by atoms with Crippen molar-refractivity contribution in [3.8, 4) is 0 Å². The van der Waals surface area contributed by atoms with Gasteiger partial charge in [-0.15, -0.1) is 0 Å². The Morgan fingerprint density at radius 2 is 1.86 bits per heavy atom. The summed E-state index contributed by atoms with van der Waals surface area (Å²) < 4.78 is 0.947. The first-order valence-electron chi connectivity index (χ1n) is 6.21. The predicted molar refractivity (Wildman–Crippen MR) is 92.5 cm³/mol. The molecule has 2 aromatic rings. The zero-order chi connectivity index (χ0) is 15.4. The third-order valence-electron chi connectivity index (χ3n) is 2.84. The third kappa shape index (κ3) is 4.37. The molecule has 0 aliphatic carbocycles. The first-order chi connectivity index (χ1) is 9.97. The monoisotopic (exact) mass is 386 g/mol. The molecule has 6 heteroatoms. The summed E-state index contributed by atoms with van der Waals surface area (Å²) in [7, 11) is 0. The van der Waals surface area contributed by atoms with Crippen molar-refractivity contribution in [3.05, 3.63) is 56.5 Å². The maximum atomic E-state index is 11.9. The van der Waals surface area contributed by atoms with Gasteiger partial charge in [-0.25, -0.2) is 0 Å². The number of para-hydroxylation sites is 1. The molecular weight excluding hydrogens is 375 g/mol. The van der Waals surface area contributed by atoms with E-state index in [0.717, 1.165) is 15.7 Å². The van der Waals surface area contributed by atoms with E-state index < -0.39 is 0 Å². The van der Waals surface area contributed by atoms with Crippen LogP contribution in [0.3, 0.4) is 0 Å². The number of carbonyl (C=O) groups excluding carboxylic acids is 1. The summed E-state index contributed by atoms with van der Waals surface area (Å²) in [5.74, 6) is -0.179. The molecule has 0 bridgehead atoms. The van der Waals surface area contributed by atoms with Gasteiger partial charge in [0.25, 0.3) is 0 Å². The molecule has 0 fully saturated rings. The van der Waals surface area contributed by atoms with Crippen LogP contribution in [-0.2, 0) is 4.79 Å². The van der Waals surface area contributed by atoms with Crippen LogP contribution in [0, 0.1) is 6.92 Å². The molecule has 0 radical (unpaired) electrons. The van der Waals surface area contributed by atoms with Crippen LogP contribution in [0.15, 0.2) is 40.9 Å². The predicted octanol–water partition coefficient (Wildman–Crippen LogP) is 5.11. The summed E-state index contributed by atoms with van der Waals surface area (Å²) in [5, 5.41) is 6.70. The summed E-state index contributed by atoms with van der Waals surface area (Å²) in [6.07, 6.45) is 0. The molecule has 0 aromatic heterocycles. The van der Waals surface area contributed by atoms with Crippen molar-refractivity contribution in [3.63, 3.8) is 0 Å². The van der Waals surface area contributed by atoms with Crippen LogP contribution in [-0.4, -0.2) is 12.5 Å². The molecule has 0 spiro atoms. The Kier molecular flexibility index (Phi) is 5.51. The van der Waals surface area contributed by atoms with Gasteiger partial charge >= 0.3 is 0 Å². The Balaban J connectivity index is 1.97. The maximum absolute atomic E-state index is 11.9. The second-order valence-electron chi connectivity index (χ2n) is 4.46. The van der Waals surface area contributed by atoms with E-state index in [2.05, 4.69) is 26.6 Å². The first kappa shape index (κ1) is 16.1. The van der Waals surface area contributed by atoms with E-state index in [1.54, 1.807) is 18.2 Å². The molecule has 2 aromatic carbocycles. The quantitative estimate of drug-likeness (QED) is 0.764. The number of amides is 1. The lowest BCUT2D eigenvalue weighted by atomic mass is 10.2. The summed E-state index contributed by atoms with van der Waals surface area (Å²) in [6.45, 7) is 2.06. The van der Waals surface area contributed by atoms with E-state index in [-0.39, 0.29) is 12.5 Å². The zero-order valence-corrected chi connectivity index (χ0v) is 14.3. The summed E-state index contributed by atoms with van der Waals surface area (Å²) in [6, 6.07) is 10.8. The lowest BCUT2D eigenvalue weighted by molar-refractivity contribution is -0.114. The highest BCUT2D eigenvalue weighted by atomic mass is 79.9. The van der Waals surface area contributed by atoms with Gasteiger partial charge in [-0.2, -0.15) is 0 Å². The third-order valence-corrected chi connectivity index (χ3v) is 4.33. The zero-order valence-electron chi connectivity index (χ0n) is 11.2. The van der Waals surface area contributed by atoms with E-state index in [1.807, 2.05) is 25.1 Å². The van der Waals surface area contributed by atoms with Crippen LogP contribution in [0.5, 0.6) is 0 Å². The van der Waals surface area contributed by atoms with Crippen LogP contribution in [0.2, 0.25) is 10.0 Å². The molecule has 0 heterocycles. The molecule has 110 valence electrons. The normalized spacial score (nSPS) is 10.3. The number of aryl methyl sites for hydroxylation is 1. The van der Waals surface area contributed by atoms with Crippen molar-refractivity contribution in [2.24, 2.45) is 0 Å². The standard InChI is InChI=1S/C15H13BrCl2N2O/c1-9-5-6-10(7-11(9)16)20-14(21)8-19-15-12(17)3-2-4-13(15)18/h2-7,19H,8H2,1H3,(H,20,21). The average molecular weight is 388 g/mol. The molecule has 2 N–H and O–H groups in total. The number of carbonyl (C=O) groups is 1. The van der Waals surface area contributed by atoms with Gasteiger partial charge in [0.1, 0.15) is 0 Å². The molecular formula is C15H13BrCl2N2O. The Morgan fingerprint density at radius 3 is 2.48 bits per heavy atom. The van der Waals surface area contributed by atoms with Crippen molar-refractivity contribution in [2.75, 3.05) is 17.2 Å². The number of anilines is 2. The van der Waals surface area contributed by atoms with Crippen molar-refractivity contribution < 1.29 is 4.79 Å². The van der Waals surface area contributed by atoms with Crippen LogP contribution in [0.1, 0.15) is 5.56 Å². The molecule has 0 saturated heterocycles. The molecule has 1 amide bonds. The summed E-state index contributed by atoms with van der Waals surface area (Å²) in [5.41, 5.74) is 2.39. The summed E-state index contributed by atoms with van der Waals surface area (Å²) >= 11 is 15.5. The molecule has 21 heavy (non-hydrogen) atoms. The largest absolute Gasteiger partial charge is 0.374 e. The van der Waals surface area contributed by atoms with Gasteiger partial charge in [0.2, 0.25) is 5.91 Å². The molecule has 0 aliphatic heterocycles. The van der Waals surface area contributed by atoms with E-state index >= 15 is 0 Å². The number of rotatable bonds is 4. The fourth-order valence-electron chi connectivity index (χ4n) is 1.71. The lowest BCUT2D eigenvalue weighted by Crippen LogP contribution is -2.22. The Labute approximate surface area is 141 Å². The van der Waals surface area contributed by atoms with Crippen molar-refractivity contribution >= 4 is 56.4 Å². The van der Waals surface area contributed by atoms with Crippen molar-refractivity contribution in [1.82, 2.24) is 0 Å². The van der Waals surface area contributed by atoms with Crippen LogP contribution in [0.4, 0.5) is 11.4 Å². The number of nitrogens with one attached hydrogen (secondary N) is 2. The molecule has 0 unspecified atom stereocenters. The van der Waals surface area contributed by atoms with Gasteiger partial charge in [0, 0.05) is 10.2 Å². The van der Waals surface area contributed by atoms with Gasteiger partial charge in [-0.3, -0.25) is 4.79 Å². The second kappa shape index (κ2) is 7.16. The molecule has 0 aliphatic rings. The number of benzene rings is 2. The van der Waals surface area contributed by atoms with Gasteiger partial charge < -0.3 is 10.6 Å². The van der Waals surface area contributed by atoms with Crippen LogP contribution >= 0.6 is 39.1 Å². The van der Waals surface area contributed by atoms with Gasteiger partial charge in [-0.05, 0) is 36.8 Å². The molecule has 3 nitrogen and oxygen atoms in total. The smallest absolute Gasteiger partial charge is 0.243 e. The Bertz CT molecular complexity index is 656. The van der Waals surface area contributed by atoms with Crippen LogP contribution < -0.4 is 10.6 Å². The van der Waals surface area contributed by atoms with E-state index in [1.165, 1.54) is 0 Å². The van der Waals surface area contributed by atoms with Gasteiger partial charge in [-0.1, -0.05) is 51.3 Å². The molecule has 2 rings (SSSR count). The molecule has 0 saturated carbocycles. The minimum absolute atomic E-state index is 0.0783. The van der Waals surface area contributed by atoms with Crippen LogP contribution in [0.25, 0.3) is 0 Å². The highest BCUT2D eigenvalue weighted by Gasteiger charge is 2.08. The SMILES string of the molecule is Cc1ccc(NC(=O)CNc2c(Cl)cccc2Cl)cc1Br. The lowest BCUT2D eigenvalue weighted by Gasteiger charge is -2.11. The Morgan fingerprint density at radius 1 is 1.19 bits per heavy atom. The maximum Gasteiger partial charge on any atom is 0.243 e. The highest BCUT2D eigenvalue weighted by Crippen LogP contribution is 2.29. The van der Waals surface area contributed by atoms with E-state index in [9.17, 15) is 4.79 Å². The first-order valence-corrected chi connectivity index (χ1v) is 7.76. The van der Waals surface area contributed by atoms with E-state index in [0.29, 0.717) is 15.7 Å². The van der Waals surface area contributed by atoms with Crippen molar-refractivity contribution in [1.29, 1.82) is 0 Å². The number of hydrogen-bond acceptors (Lipinski definition) is 2. The minimum Gasteiger partial charge on any atom is -0.374 e. The van der Waals surface area contributed by atoms with Gasteiger partial charge in [0.15, 0.2) is 0 Å². The van der Waals surface area contributed by atoms with Crippen molar-refractivity contribution in [2.45, 2.75) is 6.92 Å². The number of halogens is 3. The minimum atomic E-state index is -0.179. The fraction of sp³-hybridized carbons (Fsp3) is 0.133. The second-order valence-corrected chi connectivity index (χ2v) is 6.13. The van der Waals surface area contributed by atoms with Gasteiger partial charge in [0.05, 0.1) is 22.3 Å². The number of hydrogen-bond donors (Lipinski definition) is 2. The Hall–Kier alpha value is -1.23. The highest BCUT2D eigenvalue weighted by molar-refractivity contribution is 9.10. The molecule has 0 atom stereocenters.